The van der Waals surface area contributed by atoms with Gasteiger partial charge in [-0.3, -0.25) is 0 Å². The Bertz CT molecular complexity index is 164. The van der Waals surface area contributed by atoms with Crippen molar-refractivity contribution >= 4 is 0 Å². The fraction of sp³-hybridized carbons (Fsp3) is 0.875. The monoisotopic (exact) mass is 154 g/mol. The second-order valence-electron chi connectivity index (χ2n) is 3.13. The minimum absolute atomic E-state index is 0.119. The maximum absolute atomic E-state index is 8.90. The van der Waals surface area contributed by atoms with Crippen LogP contribution in [0.4, 0.5) is 0 Å². The molecule has 0 aliphatic carbocycles. The third kappa shape index (κ3) is 1.70. The van der Waals surface area contributed by atoms with Gasteiger partial charge in [0.05, 0.1) is 18.6 Å². The number of nitrogens with zero attached hydrogens (tertiary/aromatic N) is 1. The zero-order chi connectivity index (χ0) is 8.27. The van der Waals surface area contributed by atoms with Crippen LogP contribution in [-0.2, 0) is 0 Å². The first-order valence-electron chi connectivity index (χ1n) is 4.03. The number of hydrogen-bond donors (Lipinski definition) is 2. The zero-order valence-electron chi connectivity index (χ0n) is 6.75. The Balaban J connectivity index is 2.53. The fourth-order valence-electron chi connectivity index (χ4n) is 1.57. The van der Waals surface area contributed by atoms with Gasteiger partial charge in [-0.1, -0.05) is 6.92 Å². The summed E-state index contributed by atoms with van der Waals surface area (Å²) in [5.41, 5.74) is 0. The Morgan fingerprint density at radius 1 is 1.73 bits per heavy atom. The van der Waals surface area contributed by atoms with Crippen LogP contribution in [-0.4, -0.2) is 24.3 Å². The lowest BCUT2D eigenvalue weighted by Gasteiger charge is -2.32. The van der Waals surface area contributed by atoms with Crippen molar-refractivity contribution in [3.8, 4) is 6.07 Å². The molecule has 0 aromatic rings. The van der Waals surface area contributed by atoms with Crippen LogP contribution in [0.2, 0.25) is 0 Å². The van der Waals surface area contributed by atoms with E-state index < -0.39 is 0 Å². The van der Waals surface area contributed by atoms with Crippen LogP contribution >= 0.6 is 0 Å². The van der Waals surface area contributed by atoms with Gasteiger partial charge >= 0.3 is 0 Å². The molecular formula is C8H14N2O. The van der Waals surface area contributed by atoms with Crippen LogP contribution in [0.1, 0.15) is 13.3 Å². The minimum Gasteiger partial charge on any atom is -0.395 e. The number of nitriles is 1. The van der Waals surface area contributed by atoms with E-state index in [1.165, 1.54) is 0 Å². The molecule has 0 bridgehead atoms. The number of piperidine rings is 1. The van der Waals surface area contributed by atoms with Gasteiger partial charge in [-0.15, -0.1) is 0 Å². The summed E-state index contributed by atoms with van der Waals surface area (Å²) < 4.78 is 0. The molecule has 2 N–H and O–H groups in total. The van der Waals surface area contributed by atoms with Crippen molar-refractivity contribution in [3.05, 3.63) is 0 Å². The van der Waals surface area contributed by atoms with E-state index in [4.69, 9.17) is 10.4 Å². The van der Waals surface area contributed by atoms with Crippen LogP contribution < -0.4 is 5.32 Å². The van der Waals surface area contributed by atoms with Crippen molar-refractivity contribution in [2.45, 2.75) is 19.4 Å². The topological polar surface area (TPSA) is 56.0 Å². The summed E-state index contributed by atoms with van der Waals surface area (Å²) in [5.74, 6) is 0.396. The summed E-state index contributed by atoms with van der Waals surface area (Å²) in [6.07, 6.45) is 0.911. The summed E-state index contributed by atoms with van der Waals surface area (Å²) in [6, 6.07) is 2.39. The fourth-order valence-corrected chi connectivity index (χ4v) is 1.57. The number of nitrogens with one attached hydrogen (secondary N) is 1. The van der Waals surface area contributed by atoms with Crippen LogP contribution in [0.25, 0.3) is 0 Å². The van der Waals surface area contributed by atoms with Gasteiger partial charge in [-0.2, -0.15) is 5.26 Å². The number of aliphatic hydroxyl groups excluding tert-OH is 1. The maximum atomic E-state index is 8.90. The highest BCUT2D eigenvalue weighted by Crippen LogP contribution is 2.21. The molecule has 1 rings (SSSR count). The van der Waals surface area contributed by atoms with Gasteiger partial charge in [0, 0.05) is 6.04 Å². The second-order valence-corrected chi connectivity index (χ2v) is 3.13. The number of hydrogen-bond acceptors (Lipinski definition) is 3. The number of aliphatic hydroxyl groups is 1. The number of rotatable bonds is 1. The summed E-state index contributed by atoms with van der Waals surface area (Å²) in [7, 11) is 0. The lowest BCUT2D eigenvalue weighted by Crippen LogP contribution is -2.46. The second kappa shape index (κ2) is 3.70. The highest BCUT2D eigenvalue weighted by atomic mass is 16.3. The molecule has 62 valence electrons. The van der Waals surface area contributed by atoms with Crippen molar-refractivity contribution in [3.63, 3.8) is 0 Å². The quantitative estimate of drug-likeness (QED) is 0.564. The Morgan fingerprint density at radius 2 is 2.45 bits per heavy atom. The third-order valence-electron chi connectivity index (χ3n) is 2.49. The summed E-state index contributed by atoms with van der Waals surface area (Å²) in [5, 5.41) is 20.8. The molecule has 3 atom stereocenters. The normalized spacial score (nSPS) is 38.1. The zero-order valence-corrected chi connectivity index (χ0v) is 6.75. The SMILES string of the molecule is CC1C(C#N)CCNC1CO. The summed E-state index contributed by atoms with van der Waals surface area (Å²) in [4.78, 5) is 0. The highest BCUT2D eigenvalue weighted by Gasteiger charge is 2.28. The van der Waals surface area contributed by atoms with Crippen LogP contribution in [0.5, 0.6) is 0 Å². The van der Waals surface area contributed by atoms with Crippen molar-refractivity contribution in [1.29, 1.82) is 5.26 Å². The Hall–Kier alpha value is -0.590. The van der Waals surface area contributed by atoms with Crippen LogP contribution in [0.15, 0.2) is 0 Å². The lowest BCUT2D eigenvalue weighted by atomic mass is 9.83. The molecule has 0 spiro atoms. The molecule has 3 unspecified atom stereocenters. The highest BCUT2D eigenvalue weighted by molar-refractivity contribution is 4.94. The van der Waals surface area contributed by atoms with Gasteiger partial charge in [0.1, 0.15) is 0 Å². The van der Waals surface area contributed by atoms with Gasteiger partial charge in [0.15, 0.2) is 0 Å². The van der Waals surface area contributed by atoms with Crippen molar-refractivity contribution < 1.29 is 5.11 Å². The van der Waals surface area contributed by atoms with Crippen molar-refractivity contribution in [1.82, 2.24) is 5.32 Å². The first-order chi connectivity index (χ1) is 5.29. The van der Waals surface area contributed by atoms with Gasteiger partial charge in [-0.05, 0) is 18.9 Å². The molecule has 0 aromatic carbocycles. The summed E-state index contributed by atoms with van der Waals surface area (Å²) in [6.45, 7) is 3.01. The first-order valence-corrected chi connectivity index (χ1v) is 4.03. The molecule has 1 fully saturated rings. The van der Waals surface area contributed by atoms with E-state index in [9.17, 15) is 0 Å². The summed E-state index contributed by atoms with van der Waals surface area (Å²) >= 11 is 0. The standard InChI is InChI=1S/C8H14N2O/c1-6-7(4-9)2-3-10-8(6)5-11/h6-8,10-11H,2-3,5H2,1H3. The van der Waals surface area contributed by atoms with E-state index in [0.29, 0.717) is 0 Å². The maximum Gasteiger partial charge on any atom is 0.0659 e. The molecule has 1 saturated heterocycles. The molecule has 1 aliphatic rings. The first kappa shape index (κ1) is 8.51. The van der Waals surface area contributed by atoms with E-state index >= 15 is 0 Å². The average molecular weight is 154 g/mol. The Labute approximate surface area is 67.0 Å². The smallest absolute Gasteiger partial charge is 0.0659 e. The Kier molecular flexibility index (Phi) is 2.86. The van der Waals surface area contributed by atoms with Gasteiger partial charge in [0.25, 0.3) is 0 Å². The largest absolute Gasteiger partial charge is 0.395 e. The lowest BCUT2D eigenvalue weighted by molar-refractivity contribution is 0.157. The van der Waals surface area contributed by atoms with E-state index in [1.807, 2.05) is 6.92 Å². The predicted molar refractivity (Wildman–Crippen MR) is 41.8 cm³/mol. The molecule has 0 aromatic heterocycles. The molecule has 3 nitrogen and oxygen atoms in total. The minimum atomic E-state index is 0.119. The van der Waals surface area contributed by atoms with E-state index in [-0.39, 0.29) is 24.5 Å². The van der Waals surface area contributed by atoms with Crippen molar-refractivity contribution in [2.24, 2.45) is 11.8 Å². The van der Waals surface area contributed by atoms with Crippen molar-refractivity contribution in [2.75, 3.05) is 13.2 Å². The molecule has 11 heavy (non-hydrogen) atoms. The predicted octanol–water partition coefficient (Wildman–Crippen LogP) is 0.116. The molecule has 1 aliphatic heterocycles. The molecular weight excluding hydrogens is 140 g/mol. The van der Waals surface area contributed by atoms with Crippen LogP contribution in [0, 0.1) is 23.2 Å². The molecule has 0 radical (unpaired) electrons. The average Bonchev–Trinajstić information content (AvgIpc) is 2.05. The Morgan fingerprint density at radius 3 is 3.00 bits per heavy atom. The molecule has 0 saturated carbocycles. The molecule has 1 heterocycles. The molecule has 0 amide bonds. The van der Waals surface area contributed by atoms with Gasteiger partial charge in [-0.25, -0.2) is 0 Å². The van der Waals surface area contributed by atoms with E-state index in [2.05, 4.69) is 11.4 Å². The third-order valence-corrected chi connectivity index (χ3v) is 2.49. The van der Waals surface area contributed by atoms with Crippen LogP contribution in [0.3, 0.4) is 0 Å². The molecule has 3 heteroatoms. The van der Waals surface area contributed by atoms with Gasteiger partial charge in [0.2, 0.25) is 0 Å². The van der Waals surface area contributed by atoms with E-state index in [1.54, 1.807) is 0 Å². The van der Waals surface area contributed by atoms with Gasteiger partial charge < -0.3 is 10.4 Å². The van der Waals surface area contributed by atoms with E-state index in [0.717, 1.165) is 13.0 Å².